The first-order chi connectivity index (χ1) is 12.8. The molecule has 2 aromatic carbocycles. The Balaban J connectivity index is 1.86. The van der Waals surface area contributed by atoms with Crippen molar-refractivity contribution in [3.05, 3.63) is 48.5 Å². The topological polar surface area (TPSA) is 84.9 Å². The number of carbonyl (C=O) groups is 1. The van der Waals surface area contributed by atoms with Gasteiger partial charge in [0.2, 0.25) is 15.9 Å². The number of anilines is 2. The van der Waals surface area contributed by atoms with Crippen LogP contribution in [0.15, 0.2) is 48.5 Å². The fourth-order valence-corrected chi connectivity index (χ4v) is 4.93. The van der Waals surface area contributed by atoms with E-state index in [0.29, 0.717) is 22.9 Å². The minimum absolute atomic E-state index is 0.198. The summed E-state index contributed by atoms with van der Waals surface area (Å²) in [5.74, 6) is 0.388. The van der Waals surface area contributed by atoms with Crippen LogP contribution >= 0.6 is 0 Å². The number of nitrogens with zero attached hydrogens (tertiary/aromatic N) is 1. The maximum absolute atomic E-state index is 13.1. The van der Waals surface area contributed by atoms with Crippen LogP contribution in [0, 0.1) is 0 Å². The van der Waals surface area contributed by atoms with E-state index in [-0.39, 0.29) is 13.0 Å². The quantitative estimate of drug-likeness (QED) is 0.848. The lowest BCUT2D eigenvalue weighted by atomic mass is 10.1. The van der Waals surface area contributed by atoms with Crippen molar-refractivity contribution in [3.63, 3.8) is 0 Å². The predicted molar refractivity (Wildman–Crippen MR) is 104 cm³/mol. The Hall–Kier alpha value is -2.74. The second-order valence-corrected chi connectivity index (χ2v) is 8.71. The van der Waals surface area contributed by atoms with Crippen molar-refractivity contribution in [3.8, 4) is 11.5 Å². The van der Waals surface area contributed by atoms with Gasteiger partial charge in [-0.2, -0.15) is 0 Å². The van der Waals surface area contributed by atoms with E-state index < -0.39 is 20.7 Å². The second kappa shape index (κ2) is 7.11. The van der Waals surface area contributed by atoms with Crippen LogP contribution < -0.4 is 19.1 Å². The predicted octanol–water partition coefficient (Wildman–Crippen LogP) is 2.64. The fourth-order valence-electron chi connectivity index (χ4n) is 3.08. The summed E-state index contributed by atoms with van der Waals surface area (Å²) in [5, 5.41) is 2.70. The van der Waals surface area contributed by atoms with Crippen molar-refractivity contribution < 1.29 is 22.7 Å². The van der Waals surface area contributed by atoms with Crippen LogP contribution in [0.3, 0.4) is 0 Å². The molecule has 1 saturated heterocycles. The Morgan fingerprint density at radius 1 is 1.07 bits per heavy atom. The molecule has 8 heteroatoms. The number of para-hydroxylation sites is 1. The van der Waals surface area contributed by atoms with E-state index >= 15 is 0 Å². The molecule has 0 aliphatic carbocycles. The SMILES string of the molecule is COc1ccc(NC(=O)C2(C)CCN(c3ccccc3)S2(=O)=O)cc1OC. The fraction of sp³-hybridized carbons (Fsp3) is 0.316. The number of carbonyl (C=O) groups excluding carboxylic acids is 1. The first-order valence-corrected chi connectivity index (χ1v) is 9.88. The van der Waals surface area contributed by atoms with E-state index in [0.717, 1.165) is 0 Å². The highest BCUT2D eigenvalue weighted by Crippen LogP contribution is 2.38. The number of nitrogens with one attached hydrogen (secondary N) is 1. The minimum atomic E-state index is -3.86. The number of rotatable bonds is 5. The number of sulfonamides is 1. The normalized spacial score (nSPS) is 20.9. The highest BCUT2D eigenvalue weighted by Gasteiger charge is 2.54. The molecular weight excluding hydrogens is 368 g/mol. The van der Waals surface area contributed by atoms with Crippen LogP contribution in [-0.4, -0.2) is 39.8 Å². The highest BCUT2D eigenvalue weighted by molar-refractivity contribution is 7.95. The molecule has 144 valence electrons. The third-order valence-corrected chi connectivity index (χ3v) is 7.32. The van der Waals surface area contributed by atoms with Crippen molar-refractivity contribution in [2.45, 2.75) is 18.1 Å². The van der Waals surface area contributed by atoms with Crippen molar-refractivity contribution in [2.24, 2.45) is 0 Å². The zero-order valence-corrected chi connectivity index (χ0v) is 16.2. The summed E-state index contributed by atoms with van der Waals surface area (Å²) >= 11 is 0. The van der Waals surface area contributed by atoms with Crippen LogP contribution in [-0.2, 0) is 14.8 Å². The summed E-state index contributed by atoms with van der Waals surface area (Å²) in [4.78, 5) is 12.9. The molecule has 0 radical (unpaired) electrons. The smallest absolute Gasteiger partial charge is 0.249 e. The summed E-state index contributed by atoms with van der Waals surface area (Å²) in [6.07, 6.45) is 0.198. The van der Waals surface area contributed by atoms with Crippen LogP contribution in [0.5, 0.6) is 11.5 Å². The molecule has 3 rings (SSSR count). The van der Waals surface area contributed by atoms with E-state index in [4.69, 9.17) is 9.47 Å². The molecule has 0 saturated carbocycles. The Morgan fingerprint density at radius 2 is 1.74 bits per heavy atom. The lowest BCUT2D eigenvalue weighted by Crippen LogP contribution is -2.47. The lowest BCUT2D eigenvalue weighted by Gasteiger charge is -2.25. The average Bonchev–Trinajstić information content (AvgIpc) is 2.92. The largest absolute Gasteiger partial charge is 0.493 e. The molecule has 0 spiro atoms. The standard InChI is InChI=1S/C19H22N2O5S/c1-19(11-12-21(27(19,23)24)15-7-5-4-6-8-15)18(22)20-14-9-10-16(25-2)17(13-14)26-3/h4-10,13H,11-12H2,1-3H3,(H,20,22). The van der Waals surface area contributed by atoms with Crippen molar-refractivity contribution in [1.82, 2.24) is 0 Å². The van der Waals surface area contributed by atoms with E-state index in [1.54, 1.807) is 42.5 Å². The van der Waals surface area contributed by atoms with E-state index in [1.165, 1.54) is 25.4 Å². The average molecular weight is 390 g/mol. The summed E-state index contributed by atoms with van der Waals surface area (Å²) in [7, 11) is -0.859. The van der Waals surface area contributed by atoms with Gasteiger partial charge in [0.25, 0.3) is 0 Å². The molecule has 1 fully saturated rings. The Bertz CT molecular complexity index is 946. The molecule has 1 N–H and O–H groups in total. The van der Waals surface area contributed by atoms with Crippen LogP contribution in [0.4, 0.5) is 11.4 Å². The van der Waals surface area contributed by atoms with Crippen molar-refractivity contribution >= 4 is 27.3 Å². The van der Waals surface area contributed by atoms with E-state index in [2.05, 4.69) is 5.32 Å². The molecule has 1 heterocycles. The van der Waals surface area contributed by atoms with E-state index in [1.807, 2.05) is 6.07 Å². The van der Waals surface area contributed by atoms with Gasteiger partial charge < -0.3 is 14.8 Å². The monoisotopic (exact) mass is 390 g/mol. The van der Waals surface area contributed by atoms with Crippen molar-refractivity contribution in [2.75, 3.05) is 30.4 Å². The minimum Gasteiger partial charge on any atom is -0.493 e. The molecule has 1 unspecified atom stereocenters. The van der Waals surface area contributed by atoms with Gasteiger partial charge in [-0.3, -0.25) is 9.10 Å². The zero-order valence-electron chi connectivity index (χ0n) is 15.4. The molecule has 7 nitrogen and oxygen atoms in total. The number of methoxy groups -OCH3 is 2. The lowest BCUT2D eigenvalue weighted by molar-refractivity contribution is -0.118. The zero-order chi connectivity index (χ0) is 19.7. The molecular formula is C19H22N2O5S. The van der Waals surface area contributed by atoms with Crippen molar-refractivity contribution in [1.29, 1.82) is 0 Å². The molecule has 1 aliphatic rings. The molecule has 2 aromatic rings. The Labute approximate surface area is 158 Å². The number of hydrogen-bond acceptors (Lipinski definition) is 5. The maximum Gasteiger partial charge on any atom is 0.249 e. The van der Waals surface area contributed by atoms with Gasteiger partial charge in [-0.25, -0.2) is 8.42 Å². The third-order valence-electron chi connectivity index (χ3n) is 4.82. The first-order valence-electron chi connectivity index (χ1n) is 8.44. The first kappa shape index (κ1) is 19.0. The highest BCUT2D eigenvalue weighted by atomic mass is 32.2. The molecule has 27 heavy (non-hydrogen) atoms. The van der Waals surface area contributed by atoms with Crippen LogP contribution in [0.1, 0.15) is 13.3 Å². The maximum atomic E-state index is 13.1. The summed E-state index contributed by atoms with van der Waals surface area (Å²) in [5.41, 5.74) is 0.993. The van der Waals surface area contributed by atoms with Gasteiger partial charge >= 0.3 is 0 Å². The molecule has 0 aromatic heterocycles. The van der Waals surface area contributed by atoms with Crippen LogP contribution in [0.2, 0.25) is 0 Å². The summed E-state index contributed by atoms with van der Waals surface area (Å²) in [6.45, 7) is 1.71. The van der Waals surface area contributed by atoms with Crippen LogP contribution in [0.25, 0.3) is 0 Å². The van der Waals surface area contributed by atoms with Gasteiger partial charge in [0, 0.05) is 18.3 Å². The van der Waals surface area contributed by atoms with Gasteiger partial charge in [0.1, 0.15) is 0 Å². The third kappa shape index (κ3) is 3.21. The van der Waals surface area contributed by atoms with Gasteiger partial charge in [-0.1, -0.05) is 18.2 Å². The number of hydrogen-bond donors (Lipinski definition) is 1. The number of benzene rings is 2. The van der Waals surface area contributed by atoms with Gasteiger partial charge in [0.05, 0.1) is 19.9 Å². The summed E-state index contributed by atoms with van der Waals surface area (Å²) in [6, 6.07) is 13.7. The second-order valence-electron chi connectivity index (χ2n) is 6.42. The number of amides is 1. The Morgan fingerprint density at radius 3 is 2.37 bits per heavy atom. The van der Waals surface area contributed by atoms with Gasteiger partial charge in [0.15, 0.2) is 16.2 Å². The van der Waals surface area contributed by atoms with E-state index in [9.17, 15) is 13.2 Å². The molecule has 1 aliphatic heterocycles. The van der Waals surface area contributed by atoms with Gasteiger partial charge in [-0.15, -0.1) is 0 Å². The molecule has 0 bridgehead atoms. The van der Waals surface area contributed by atoms with Gasteiger partial charge in [-0.05, 0) is 37.6 Å². The summed E-state index contributed by atoms with van der Waals surface area (Å²) < 4.78 is 36.3. The molecule has 1 amide bonds. The number of ether oxygens (including phenoxy) is 2. The Kier molecular flexibility index (Phi) is 5.01. The molecule has 1 atom stereocenters.